The van der Waals surface area contributed by atoms with Gasteiger partial charge >= 0.3 is 0 Å². The fraction of sp³-hybridized carbons (Fsp3) is 0.176. The van der Waals surface area contributed by atoms with E-state index in [4.69, 9.17) is 5.10 Å². The zero-order valence-electron chi connectivity index (χ0n) is 12.0. The Morgan fingerprint density at radius 2 is 2.00 bits per heavy atom. The van der Waals surface area contributed by atoms with Crippen molar-refractivity contribution in [3.63, 3.8) is 0 Å². The molecule has 3 aromatic rings. The number of fused-ring (bicyclic) bond motifs is 1. The third kappa shape index (κ3) is 2.19. The lowest BCUT2D eigenvalue weighted by atomic mass is 10.0. The van der Waals surface area contributed by atoms with Crippen molar-refractivity contribution in [2.45, 2.75) is 13.0 Å². The van der Waals surface area contributed by atoms with Gasteiger partial charge in [0.1, 0.15) is 5.82 Å². The summed E-state index contributed by atoms with van der Waals surface area (Å²) in [5, 5.41) is 8.17. The normalized spacial score (nSPS) is 13.9. The predicted octanol–water partition coefficient (Wildman–Crippen LogP) is 2.72. The van der Waals surface area contributed by atoms with Gasteiger partial charge in [0, 0.05) is 43.0 Å². The van der Waals surface area contributed by atoms with E-state index in [2.05, 4.69) is 10.3 Å². The first-order valence-electron chi connectivity index (χ1n) is 7.31. The number of benzene rings is 1. The Bertz CT molecular complexity index is 794. The first-order chi connectivity index (χ1) is 10.8. The van der Waals surface area contributed by atoms with E-state index in [1.807, 2.05) is 23.0 Å². The second-order valence-electron chi connectivity index (χ2n) is 5.33. The molecule has 0 saturated heterocycles. The van der Waals surface area contributed by atoms with Crippen molar-refractivity contribution in [1.82, 2.24) is 20.1 Å². The van der Waals surface area contributed by atoms with E-state index in [9.17, 15) is 4.39 Å². The van der Waals surface area contributed by atoms with Crippen molar-refractivity contribution in [1.29, 1.82) is 0 Å². The molecule has 1 aromatic carbocycles. The summed E-state index contributed by atoms with van der Waals surface area (Å²) in [4.78, 5) is 4.18. The van der Waals surface area contributed by atoms with E-state index in [-0.39, 0.29) is 5.82 Å². The molecule has 2 aromatic heterocycles. The van der Waals surface area contributed by atoms with Crippen molar-refractivity contribution in [3.05, 3.63) is 65.9 Å². The van der Waals surface area contributed by atoms with Gasteiger partial charge in [-0.1, -0.05) is 0 Å². The van der Waals surface area contributed by atoms with Crippen molar-refractivity contribution in [2.75, 3.05) is 6.54 Å². The van der Waals surface area contributed by atoms with Crippen LogP contribution in [0.15, 0.2) is 48.8 Å². The van der Waals surface area contributed by atoms with Crippen LogP contribution in [0.2, 0.25) is 0 Å². The second kappa shape index (κ2) is 5.35. The number of pyridine rings is 1. The Morgan fingerprint density at radius 3 is 2.77 bits per heavy atom. The maximum Gasteiger partial charge on any atom is 0.123 e. The Balaban J connectivity index is 1.89. The highest BCUT2D eigenvalue weighted by Gasteiger charge is 2.22. The lowest BCUT2D eigenvalue weighted by Gasteiger charge is -2.15. The van der Waals surface area contributed by atoms with Gasteiger partial charge in [-0.2, -0.15) is 5.10 Å². The highest BCUT2D eigenvalue weighted by molar-refractivity contribution is 5.64. The van der Waals surface area contributed by atoms with Crippen LogP contribution >= 0.6 is 0 Å². The number of halogens is 1. The fourth-order valence-corrected chi connectivity index (χ4v) is 2.88. The molecule has 0 spiro atoms. The molecule has 0 fully saturated rings. The van der Waals surface area contributed by atoms with E-state index in [1.54, 1.807) is 18.3 Å². The monoisotopic (exact) mass is 294 g/mol. The third-order valence-corrected chi connectivity index (χ3v) is 3.94. The summed E-state index contributed by atoms with van der Waals surface area (Å²) in [6.07, 6.45) is 4.48. The number of nitrogens with zero attached hydrogens (tertiary/aromatic N) is 3. The number of nitrogens with one attached hydrogen (secondary N) is 1. The van der Waals surface area contributed by atoms with Gasteiger partial charge in [-0.25, -0.2) is 9.07 Å². The zero-order chi connectivity index (χ0) is 14.9. The maximum absolute atomic E-state index is 13.2. The van der Waals surface area contributed by atoms with E-state index in [1.165, 1.54) is 23.4 Å². The lowest BCUT2D eigenvalue weighted by Crippen LogP contribution is -2.24. The van der Waals surface area contributed by atoms with Gasteiger partial charge in [-0.05, 0) is 36.4 Å². The molecule has 1 N–H and O–H groups in total. The molecule has 4 nitrogen and oxygen atoms in total. The molecule has 0 aliphatic carbocycles. The molecule has 0 bridgehead atoms. The van der Waals surface area contributed by atoms with Gasteiger partial charge in [0.05, 0.1) is 17.1 Å². The highest BCUT2D eigenvalue weighted by atomic mass is 19.1. The Hall–Kier alpha value is -2.53. The topological polar surface area (TPSA) is 42.7 Å². The molecule has 3 heterocycles. The Morgan fingerprint density at radius 1 is 1.14 bits per heavy atom. The summed E-state index contributed by atoms with van der Waals surface area (Å²) in [6, 6.07) is 10.4. The van der Waals surface area contributed by atoms with Crippen molar-refractivity contribution in [3.8, 4) is 16.9 Å². The van der Waals surface area contributed by atoms with Crippen LogP contribution in [0.3, 0.4) is 0 Å². The summed E-state index contributed by atoms with van der Waals surface area (Å²) in [5.41, 5.74) is 5.21. The molecule has 0 amide bonds. The summed E-state index contributed by atoms with van der Waals surface area (Å²) in [5.74, 6) is -0.237. The lowest BCUT2D eigenvalue weighted by molar-refractivity contribution is 0.618. The van der Waals surface area contributed by atoms with Crippen LogP contribution in [0.25, 0.3) is 16.9 Å². The van der Waals surface area contributed by atoms with Gasteiger partial charge in [0.2, 0.25) is 0 Å². The van der Waals surface area contributed by atoms with Gasteiger partial charge in [0.25, 0.3) is 0 Å². The minimum absolute atomic E-state index is 0.237. The Labute approximate surface area is 127 Å². The molecular formula is C17H15FN4. The van der Waals surface area contributed by atoms with E-state index >= 15 is 0 Å². The summed E-state index contributed by atoms with van der Waals surface area (Å²) >= 11 is 0. The van der Waals surface area contributed by atoms with Crippen LogP contribution in [0.1, 0.15) is 11.3 Å². The van der Waals surface area contributed by atoms with Gasteiger partial charge < -0.3 is 5.32 Å². The third-order valence-electron chi connectivity index (χ3n) is 3.94. The average molecular weight is 294 g/mol. The SMILES string of the molecule is Fc1ccc(-n2nc(-c3cccnc3)c3c2CCNC3)cc1. The summed E-state index contributed by atoms with van der Waals surface area (Å²) in [6.45, 7) is 1.72. The quantitative estimate of drug-likeness (QED) is 0.790. The number of aromatic nitrogens is 3. The smallest absolute Gasteiger partial charge is 0.123 e. The largest absolute Gasteiger partial charge is 0.312 e. The summed E-state index contributed by atoms with van der Waals surface area (Å²) < 4.78 is 15.1. The molecule has 1 aliphatic rings. The minimum Gasteiger partial charge on any atom is -0.312 e. The molecule has 0 unspecified atom stereocenters. The maximum atomic E-state index is 13.2. The van der Waals surface area contributed by atoms with Gasteiger partial charge in [-0.3, -0.25) is 4.98 Å². The minimum atomic E-state index is -0.237. The molecule has 0 atom stereocenters. The molecule has 4 rings (SSSR count). The molecule has 5 heteroatoms. The second-order valence-corrected chi connectivity index (χ2v) is 5.33. The number of hydrogen-bond donors (Lipinski definition) is 1. The standard InChI is InChI=1S/C17H15FN4/c18-13-3-5-14(6-4-13)22-16-7-9-20-11-15(16)17(21-22)12-2-1-8-19-10-12/h1-6,8,10,20H,7,9,11H2. The van der Waals surface area contributed by atoms with Crippen molar-refractivity contribution >= 4 is 0 Å². The molecule has 22 heavy (non-hydrogen) atoms. The molecule has 1 aliphatic heterocycles. The van der Waals surface area contributed by atoms with Crippen LogP contribution in [0.4, 0.5) is 4.39 Å². The van der Waals surface area contributed by atoms with Crippen LogP contribution in [-0.4, -0.2) is 21.3 Å². The highest BCUT2D eigenvalue weighted by Crippen LogP contribution is 2.29. The van der Waals surface area contributed by atoms with Crippen LogP contribution in [0.5, 0.6) is 0 Å². The predicted molar refractivity (Wildman–Crippen MR) is 82.2 cm³/mol. The first-order valence-corrected chi connectivity index (χ1v) is 7.31. The van der Waals surface area contributed by atoms with Crippen molar-refractivity contribution in [2.24, 2.45) is 0 Å². The van der Waals surface area contributed by atoms with Crippen LogP contribution in [0, 0.1) is 5.82 Å². The average Bonchev–Trinajstić information content (AvgIpc) is 2.96. The van der Waals surface area contributed by atoms with Crippen LogP contribution in [-0.2, 0) is 13.0 Å². The molecular weight excluding hydrogens is 279 g/mol. The zero-order valence-corrected chi connectivity index (χ0v) is 12.0. The molecule has 0 saturated carbocycles. The number of hydrogen-bond acceptors (Lipinski definition) is 3. The van der Waals surface area contributed by atoms with E-state index < -0.39 is 0 Å². The van der Waals surface area contributed by atoms with Gasteiger partial charge in [0.15, 0.2) is 0 Å². The first kappa shape index (κ1) is 13.2. The van der Waals surface area contributed by atoms with E-state index in [0.29, 0.717) is 0 Å². The molecule has 0 radical (unpaired) electrons. The van der Waals surface area contributed by atoms with Crippen molar-refractivity contribution < 1.29 is 4.39 Å². The van der Waals surface area contributed by atoms with E-state index in [0.717, 1.165) is 36.5 Å². The Kier molecular flexibility index (Phi) is 3.20. The number of rotatable bonds is 2. The van der Waals surface area contributed by atoms with Crippen LogP contribution < -0.4 is 5.32 Å². The summed E-state index contributed by atoms with van der Waals surface area (Å²) in [7, 11) is 0. The van der Waals surface area contributed by atoms with Gasteiger partial charge in [-0.15, -0.1) is 0 Å². The fourth-order valence-electron chi connectivity index (χ4n) is 2.88. The molecule has 110 valence electrons.